The lowest BCUT2D eigenvalue weighted by Gasteiger charge is -2.13. The van der Waals surface area contributed by atoms with E-state index in [9.17, 15) is 5.11 Å². The minimum absolute atomic E-state index is 0.571. The zero-order chi connectivity index (χ0) is 12.3. The van der Waals surface area contributed by atoms with Crippen LogP contribution in [0.1, 0.15) is 17.2 Å². The predicted octanol–water partition coefficient (Wildman–Crippen LogP) is 4.38. The molecule has 0 saturated carbocycles. The van der Waals surface area contributed by atoms with Crippen molar-refractivity contribution in [2.45, 2.75) is 12.5 Å². The summed E-state index contributed by atoms with van der Waals surface area (Å²) in [4.78, 5) is 0. The third-order valence-electron chi connectivity index (χ3n) is 2.59. The Morgan fingerprint density at radius 2 is 1.82 bits per heavy atom. The summed E-state index contributed by atoms with van der Waals surface area (Å²) in [6.07, 6.45) is 0.000323. The molecule has 0 aliphatic heterocycles. The molecule has 17 heavy (non-hydrogen) atoms. The van der Waals surface area contributed by atoms with Crippen LogP contribution in [0, 0.1) is 0 Å². The fraction of sp³-hybridized carbons (Fsp3) is 0.143. The van der Waals surface area contributed by atoms with Gasteiger partial charge in [0.2, 0.25) is 0 Å². The highest BCUT2D eigenvalue weighted by molar-refractivity contribution is 9.10. The third kappa shape index (κ3) is 3.32. The number of hydrogen-bond donors (Lipinski definition) is 1. The molecule has 0 amide bonds. The Morgan fingerprint density at radius 3 is 2.47 bits per heavy atom. The summed E-state index contributed by atoms with van der Waals surface area (Å²) >= 11 is 9.45. The molecular formula is C14H12BrClO. The molecule has 1 N–H and O–H groups in total. The number of benzene rings is 2. The highest BCUT2D eigenvalue weighted by atomic mass is 79.9. The third-order valence-corrected chi connectivity index (χ3v) is 3.41. The van der Waals surface area contributed by atoms with Gasteiger partial charge in [-0.25, -0.2) is 0 Å². The molecule has 1 atom stereocenters. The Balaban J connectivity index is 2.17. The monoisotopic (exact) mass is 310 g/mol. The molecule has 1 nitrogen and oxygen atoms in total. The van der Waals surface area contributed by atoms with E-state index in [1.165, 1.54) is 0 Å². The molecule has 0 aliphatic carbocycles. The van der Waals surface area contributed by atoms with Gasteiger partial charge in [0.05, 0.1) is 6.10 Å². The molecule has 0 spiro atoms. The lowest BCUT2D eigenvalue weighted by atomic mass is 10.0. The molecule has 2 rings (SSSR count). The van der Waals surface area contributed by atoms with Gasteiger partial charge < -0.3 is 5.11 Å². The normalized spacial score (nSPS) is 12.4. The van der Waals surface area contributed by atoms with E-state index in [0.29, 0.717) is 11.4 Å². The average molecular weight is 312 g/mol. The molecule has 1 unspecified atom stereocenters. The van der Waals surface area contributed by atoms with E-state index in [0.717, 1.165) is 15.6 Å². The minimum Gasteiger partial charge on any atom is -0.388 e. The van der Waals surface area contributed by atoms with Crippen LogP contribution in [-0.2, 0) is 6.42 Å². The predicted molar refractivity (Wildman–Crippen MR) is 74.3 cm³/mol. The van der Waals surface area contributed by atoms with Gasteiger partial charge in [0.25, 0.3) is 0 Å². The number of aliphatic hydroxyl groups excluding tert-OH is 1. The van der Waals surface area contributed by atoms with Gasteiger partial charge in [-0.15, -0.1) is 0 Å². The molecule has 2 aromatic carbocycles. The van der Waals surface area contributed by atoms with Crippen LogP contribution in [0.4, 0.5) is 0 Å². The molecule has 3 heteroatoms. The van der Waals surface area contributed by atoms with Crippen LogP contribution >= 0.6 is 27.5 Å². The fourth-order valence-electron chi connectivity index (χ4n) is 1.72. The largest absolute Gasteiger partial charge is 0.388 e. The summed E-state index contributed by atoms with van der Waals surface area (Å²) in [6.45, 7) is 0. The average Bonchev–Trinajstić information content (AvgIpc) is 2.30. The van der Waals surface area contributed by atoms with Crippen molar-refractivity contribution in [2.75, 3.05) is 0 Å². The quantitative estimate of drug-likeness (QED) is 0.892. The zero-order valence-electron chi connectivity index (χ0n) is 9.11. The van der Waals surface area contributed by atoms with E-state index < -0.39 is 6.10 Å². The van der Waals surface area contributed by atoms with Crippen molar-refractivity contribution in [3.8, 4) is 0 Å². The van der Waals surface area contributed by atoms with Crippen molar-refractivity contribution in [3.63, 3.8) is 0 Å². The highest BCUT2D eigenvalue weighted by Crippen LogP contribution is 2.28. The van der Waals surface area contributed by atoms with Crippen molar-refractivity contribution in [3.05, 3.63) is 69.2 Å². The molecule has 0 saturated heterocycles. The Morgan fingerprint density at radius 1 is 1.12 bits per heavy atom. The van der Waals surface area contributed by atoms with Crippen molar-refractivity contribution < 1.29 is 5.11 Å². The second kappa shape index (κ2) is 5.67. The van der Waals surface area contributed by atoms with E-state index in [4.69, 9.17) is 11.6 Å². The van der Waals surface area contributed by atoms with E-state index >= 15 is 0 Å². The van der Waals surface area contributed by atoms with Crippen molar-refractivity contribution in [2.24, 2.45) is 0 Å². The van der Waals surface area contributed by atoms with Gasteiger partial charge in [0.1, 0.15) is 0 Å². The summed E-state index contributed by atoms with van der Waals surface area (Å²) in [5, 5.41) is 10.7. The van der Waals surface area contributed by atoms with Crippen LogP contribution in [0.3, 0.4) is 0 Å². The molecule has 0 bridgehead atoms. The Kier molecular flexibility index (Phi) is 4.21. The molecule has 2 aromatic rings. The van der Waals surface area contributed by atoms with Crippen LogP contribution in [-0.4, -0.2) is 5.11 Å². The van der Waals surface area contributed by atoms with E-state index in [1.807, 2.05) is 42.5 Å². The highest BCUT2D eigenvalue weighted by Gasteiger charge is 2.12. The van der Waals surface area contributed by atoms with Gasteiger partial charge in [0.15, 0.2) is 0 Å². The van der Waals surface area contributed by atoms with Crippen LogP contribution in [0.2, 0.25) is 5.02 Å². The van der Waals surface area contributed by atoms with Gasteiger partial charge in [0, 0.05) is 15.9 Å². The maximum Gasteiger partial charge on any atom is 0.0844 e. The van der Waals surface area contributed by atoms with Crippen LogP contribution in [0.15, 0.2) is 53.0 Å². The summed E-state index contributed by atoms with van der Waals surface area (Å²) in [5.74, 6) is 0. The van der Waals surface area contributed by atoms with Crippen LogP contribution in [0.5, 0.6) is 0 Å². The molecule has 0 fully saturated rings. The number of hydrogen-bond acceptors (Lipinski definition) is 1. The van der Waals surface area contributed by atoms with Gasteiger partial charge in [-0.3, -0.25) is 0 Å². The van der Waals surface area contributed by atoms with E-state index in [2.05, 4.69) is 15.9 Å². The van der Waals surface area contributed by atoms with Gasteiger partial charge in [-0.05, 0) is 23.3 Å². The Labute approximate surface area is 114 Å². The smallest absolute Gasteiger partial charge is 0.0844 e. The maximum absolute atomic E-state index is 10.1. The first kappa shape index (κ1) is 12.6. The molecule has 88 valence electrons. The lowest BCUT2D eigenvalue weighted by Crippen LogP contribution is -2.02. The summed E-state index contributed by atoms with van der Waals surface area (Å²) in [6, 6.07) is 15.4. The first-order chi connectivity index (χ1) is 8.16. The summed E-state index contributed by atoms with van der Waals surface area (Å²) < 4.78 is 0.915. The van der Waals surface area contributed by atoms with Crippen LogP contribution < -0.4 is 0 Å². The summed E-state index contributed by atoms with van der Waals surface area (Å²) in [7, 11) is 0. The minimum atomic E-state index is -0.571. The van der Waals surface area contributed by atoms with Crippen molar-refractivity contribution >= 4 is 27.5 Å². The van der Waals surface area contributed by atoms with Gasteiger partial charge in [-0.1, -0.05) is 63.9 Å². The van der Waals surface area contributed by atoms with Crippen molar-refractivity contribution in [1.29, 1.82) is 0 Å². The molecule has 0 heterocycles. The second-order valence-electron chi connectivity index (χ2n) is 3.87. The van der Waals surface area contributed by atoms with Gasteiger partial charge >= 0.3 is 0 Å². The molecule has 0 aromatic heterocycles. The number of halogens is 2. The fourth-order valence-corrected chi connectivity index (χ4v) is 2.52. The SMILES string of the molecule is OC(Cc1ccccc1)c1ccc(Br)cc1Cl. The lowest BCUT2D eigenvalue weighted by molar-refractivity contribution is 0.178. The summed E-state index contributed by atoms with van der Waals surface area (Å²) in [5.41, 5.74) is 1.86. The maximum atomic E-state index is 10.1. The zero-order valence-corrected chi connectivity index (χ0v) is 11.4. The Hall–Kier alpha value is -0.830. The van der Waals surface area contributed by atoms with Crippen molar-refractivity contribution in [1.82, 2.24) is 0 Å². The van der Waals surface area contributed by atoms with E-state index in [1.54, 1.807) is 6.07 Å². The number of aliphatic hydroxyl groups is 1. The first-order valence-corrected chi connectivity index (χ1v) is 6.51. The van der Waals surface area contributed by atoms with Crippen LogP contribution in [0.25, 0.3) is 0 Å². The second-order valence-corrected chi connectivity index (χ2v) is 5.19. The first-order valence-electron chi connectivity index (χ1n) is 5.34. The molecular weight excluding hydrogens is 300 g/mol. The number of rotatable bonds is 3. The van der Waals surface area contributed by atoms with E-state index in [-0.39, 0.29) is 0 Å². The molecule has 0 aliphatic rings. The standard InChI is InChI=1S/C14H12BrClO/c15-11-6-7-12(13(16)9-11)14(17)8-10-4-2-1-3-5-10/h1-7,9,14,17H,8H2. The van der Waals surface area contributed by atoms with Gasteiger partial charge in [-0.2, -0.15) is 0 Å². The molecule has 0 radical (unpaired) electrons. The Bertz CT molecular complexity index is 499. The topological polar surface area (TPSA) is 20.2 Å².